The zero-order valence-electron chi connectivity index (χ0n) is 26.2. The van der Waals surface area contributed by atoms with Crippen LogP contribution in [0.1, 0.15) is 102 Å². The third kappa shape index (κ3) is 6.19. The number of aryl methyl sites for hydroxylation is 4. The second kappa shape index (κ2) is 13.7. The van der Waals surface area contributed by atoms with Gasteiger partial charge in [-0.15, -0.1) is 0 Å². The van der Waals surface area contributed by atoms with Crippen LogP contribution in [0.2, 0.25) is 0 Å². The smallest absolute Gasteiger partial charge is 0.197 e. The van der Waals surface area contributed by atoms with Crippen molar-refractivity contribution in [1.82, 2.24) is 9.13 Å². The SMILES string of the molecule is CCCCCCCCn1c2ccc(C)cc2c(=O)c2cc3c(cc21)c(=O)c1cc(C)ccc1n3CCCCCCCC. The Kier molecular flexibility index (Phi) is 9.82. The summed E-state index contributed by atoms with van der Waals surface area (Å²) in [5, 5.41) is 2.98. The van der Waals surface area contributed by atoms with Crippen LogP contribution in [-0.4, -0.2) is 9.13 Å². The van der Waals surface area contributed by atoms with Crippen molar-refractivity contribution in [2.24, 2.45) is 0 Å². The van der Waals surface area contributed by atoms with E-state index in [4.69, 9.17) is 0 Å². The molecule has 42 heavy (non-hydrogen) atoms. The highest BCUT2D eigenvalue weighted by Crippen LogP contribution is 2.28. The third-order valence-electron chi connectivity index (χ3n) is 9.03. The molecule has 4 heteroatoms. The molecule has 0 aliphatic heterocycles. The Labute approximate surface area is 250 Å². The quantitative estimate of drug-likeness (QED) is 0.0995. The standard InChI is InChI=1S/C38H48N2O2/c1-5-7-9-11-13-15-21-39-33-19-17-27(3)23-29(33)37(41)31-26-36-32(25-35(31)39)38(42)30-24-28(4)18-20-34(30)40(36)22-16-14-12-10-8-6-2/h17-20,23-26H,5-16,21-22H2,1-4H3. The topological polar surface area (TPSA) is 44.0 Å². The van der Waals surface area contributed by atoms with E-state index >= 15 is 0 Å². The average molecular weight is 565 g/mol. The van der Waals surface area contributed by atoms with E-state index < -0.39 is 0 Å². The minimum atomic E-state index is 0.0624. The van der Waals surface area contributed by atoms with Crippen molar-refractivity contribution in [2.45, 2.75) is 118 Å². The predicted octanol–water partition coefficient (Wildman–Crippen LogP) is 9.96. The maximum atomic E-state index is 14.0. The number of aromatic nitrogens is 2. The second-order valence-corrected chi connectivity index (χ2v) is 12.4. The fourth-order valence-electron chi connectivity index (χ4n) is 6.65. The molecule has 5 aromatic rings. The molecule has 0 bridgehead atoms. The molecule has 0 fully saturated rings. The first kappa shape index (κ1) is 30.1. The lowest BCUT2D eigenvalue weighted by atomic mass is 10.0. The van der Waals surface area contributed by atoms with E-state index in [2.05, 4.69) is 47.2 Å². The van der Waals surface area contributed by atoms with Gasteiger partial charge >= 0.3 is 0 Å². The molecule has 0 aliphatic carbocycles. The van der Waals surface area contributed by atoms with E-state index in [9.17, 15) is 9.59 Å². The van der Waals surface area contributed by atoms with E-state index in [1.54, 1.807) is 0 Å². The molecule has 222 valence electrons. The van der Waals surface area contributed by atoms with Gasteiger partial charge in [-0.3, -0.25) is 9.59 Å². The molecular weight excluding hydrogens is 516 g/mol. The first-order valence-electron chi connectivity index (χ1n) is 16.5. The number of nitrogens with zero attached hydrogens (tertiary/aromatic N) is 2. The molecule has 0 radical (unpaired) electrons. The number of unbranched alkanes of at least 4 members (excludes halogenated alkanes) is 10. The van der Waals surface area contributed by atoms with Gasteiger partial charge in [-0.25, -0.2) is 0 Å². The number of pyridine rings is 2. The van der Waals surface area contributed by atoms with Gasteiger partial charge in [-0.2, -0.15) is 0 Å². The fourth-order valence-corrected chi connectivity index (χ4v) is 6.65. The van der Waals surface area contributed by atoms with Crippen molar-refractivity contribution in [2.75, 3.05) is 0 Å². The molecule has 0 N–H and O–H groups in total. The Bertz CT molecular complexity index is 1690. The normalized spacial score (nSPS) is 11.9. The van der Waals surface area contributed by atoms with Gasteiger partial charge in [0.25, 0.3) is 0 Å². The van der Waals surface area contributed by atoms with Crippen LogP contribution in [0.4, 0.5) is 0 Å². The van der Waals surface area contributed by atoms with Crippen LogP contribution in [0.25, 0.3) is 43.6 Å². The maximum Gasteiger partial charge on any atom is 0.197 e. The van der Waals surface area contributed by atoms with Crippen LogP contribution in [-0.2, 0) is 13.1 Å². The van der Waals surface area contributed by atoms with E-state index in [1.165, 1.54) is 64.2 Å². The zero-order valence-corrected chi connectivity index (χ0v) is 26.2. The third-order valence-corrected chi connectivity index (χ3v) is 9.03. The van der Waals surface area contributed by atoms with Crippen molar-refractivity contribution in [1.29, 1.82) is 0 Å². The van der Waals surface area contributed by atoms with Gasteiger partial charge in [-0.1, -0.05) is 101 Å². The molecule has 0 aliphatic rings. The summed E-state index contributed by atoms with van der Waals surface area (Å²) in [6, 6.07) is 16.5. The maximum absolute atomic E-state index is 14.0. The summed E-state index contributed by atoms with van der Waals surface area (Å²) in [5.74, 6) is 0. The Morgan fingerprint density at radius 3 is 1.21 bits per heavy atom. The number of benzene rings is 3. The molecule has 2 aromatic heterocycles. The molecule has 3 aromatic carbocycles. The van der Waals surface area contributed by atoms with Crippen LogP contribution in [0.3, 0.4) is 0 Å². The summed E-state index contributed by atoms with van der Waals surface area (Å²) >= 11 is 0. The predicted molar refractivity (Wildman–Crippen MR) is 181 cm³/mol. The van der Waals surface area contributed by atoms with Crippen molar-refractivity contribution < 1.29 is 0 Å². The van der Waals surface area contributed by atoms with E-state index in [0.29, 0.717) is 10.8 Å². The lowest BCUT2D eigenvalue weighted by molar-refractivity contribution is 0.569. The van der Waals surface area contributed by atoms with E-state index in [-0.39, 0.29) is 10.9 Å². The minimum Gasteiger partial charge on any atom is -0.340 e. The molecule has 0 saturated carbocycles. The molecule has 0 saturated heterocycles. The number of rotatable bonds is 14. The summed E-state index contributed by atoms with van der Waals surface area (Å²) in [7, 11) is 0. The number of hydrogen-bond donors (Lipinski definition) is 0. The van der Waals surface area contributed by atoms with Gasteiger partial charge in [0.05, 0.1) is 22.1 Å². The largest absolute Gasteiger partial charge is 0.340 e. The highest BCUT2D eigenvalue weighted by Gasteiger charge is 2.17. The molecule has 0 atom stereocenters. The first-order chi connectivity index (χ1) is 20.4. The highest BCUT2D eigenvalue weighted by molar-refractivity contribution is 6.03. The summed E-state index contributed by atoms with van der Waals surface area (Å²) in [4.78, 5) is 28.1. The van der Waals surface area contributed by atoms with Crippen LogP contribution in [0.5, 0.6) is 0 Å². The monoisotopic (exact) mass is 564 g/mol. The molecular formula is C38H48N2O2. The Hall–Kier alpha value is -3.40. The Morgan fingerprint density at radius 1 is 0.452 bits per heavy atom. The lowest BCUT2D eigenvalue weighted by Gasteiger charge is -2.19. The molecule has 4 nitrogen and oxygen atoms in total. The van der Waals surface area contributed by atoms with Crippen molar-refractivity contribution >= 4 is 43.6 Å². The summed E-state index contributed by atoms with van der Waals surface area (Å²) in [6.45, 7) is 10.3. The van der Waals surface area contributed by atoms with Crippen molar-refractivity contribution in [3.05, 3.63) is 80.1 Å². The highest BCUT2D eigenvalue weighted by atomic mass is 16.1. The van der Waals surface area contributed by atoms with E-state index in [1.807, 2.05) is 38.1 Å². The van der Waals surface area contributed by atoms with Crippen LogP contribution >= 0.6 is 0 Å². The average Bonchev–Trinajstić information content (AvgIpc) is 2.99. The van der Waals surface area contributed by atoms with Gasteiger partial charge in [0.15, 0.2) is 10.9 Å². The van der Waals surface area contributed by atoms with Crippen LogP contribution in [0.15, 0.2) is 58.1 Å². The first-order valence-corrected chi connectivity index (χ1v) is 16.5. The zero-order chi connectivity index (χ0) is 29.6. The van der Waals surface area contributed by atoms with Crippen molar-refractivity contribution in [3.63, 3.8) is 0 Å². The Morgan fingerprint density at radius 2 is 0.810 bits per heavy atom. The summed E-state index contributed by atoms with van der Waals surface area (Å²) in [5.41, 5.74) is 6.00. The molecule has 5 rings (SSSR count). The van der Waals surface area contributed by atoms with Gasteiger partial charge in [0, 0.05) is 34.6 Å². The number of hydrogen-bond acceptors (Lipinski definition) is 2. The molecule has 2 heterocycles. The lowest BCUT2D eigenvalue weighted by Crippen LogP contribution is -2.16. The molecule has 0 amide bonds. The van der Waals surface area contributed by atoms with Gasteiger partial charge in [-0.05, 0) is 63.1 Å². The van der Waals surface area contributed by atoms with Gasteiger partial charge in [0.2, 0.25) is 0 Å². The van der Waals surface area contributed by atoms with Crippen LogP contribution < -0.4 is 10.9 Å². The van der Waals surface area contributed by atoms with Gasteiger partial charge in [0.1, 0.15) is 0 Å². The summed E-state index contributed by atoms with van der Waals surface area (Å²) < 4.78 is 4.62. The van der Waals surface area contributed by atoms with Crippen molar-refractivity contribution in [3.8, 4) is 0 Å². The second-order valence-electron chi connectivity index (χ2n) is 12.4. The minimum absolute atomic E-state index is 0.0624. The Balaban J connectivity index is 1.69. The van der Waals surface area contributed by atoms with Crippen LogP contribution in [0, 0.1) is 13.8 Å². The summed E-state index contributed by atoms with van der Waals surface area (Å²) in [6.07, 6.45) is 14.5. The van der Waals surface area contributed by atoms with E-state index in [0.717, 1.165) is 69.9 Å². The fraction of sp³-hybridized carbons (Fsp3) is 0.474. The van der Waals surface area contributed by atoms with Gasteiger partial charge < -0.3 is 9.13 Å². The molecule has 0 unspecified atom stereocenters. The molecule has 0 spiro atoms. The number of fused-ring (bicyclic) bond motifs is 4.